The summed E-state index contributed by atoms with van der Waals surface area (Å²) in [5.74, 6) is 0.494. The van der Waals surface area contributed by atoms with Gasteiger partial charge in [0, 0.05) is 25.3 Å². The van der Waals surface area contributed by atoms with Crippen LogP contribution in [0.5, 0.6) is 0 Å². The molecule has 1 aliphatic rings. The van der Waals surface area contributed by atoms with Crippen LogP contribution >= 0.6 is 0 Å². The van der Waals surface area contributed by atoms with Crippen molar-refractivity contribution in [2.75, 3.05) is 20.3 Å². The maximum Gasteiger partial charge on any atom is 0.0542 e. The standard InChI is InChI=1S/C8H13NO/c1-7-3-4-8(5-9-7)6-10-2/h3-4,8H,5-6H2,1-2H3. The fourth-order valence-electron chi connectivity index (χ4n) is 0.972. The highest BCUT2D eigenvalue weighted by molar-refractivity contribution is 5.93. The molecule has 1 heterocycles. The Hall–Kier alpha value is -0.630. The summed E-state index contributed by atoms with van der Waals surface area (Å²) in [6.45, 7) is 3.68. The van der Waals surface area contributed by atoms with Crippen LogP contribution in [0.2, 0.25) is 0 Å². The zero-order valence-electron chi connectivity index (χ0n) is 6.50. The number of hydrogen-bond acceptors (Lipinski definition) is 2. The van der Waals surface area contributed by atoms with Crippen LogP contribution in [-0.2, 0) is 4.74 Å². The van der Waals surface area contributed by atoms with Crippen molar-refractivity contribution in [3.8, 4) is 0 Å². The van der Waals surface area contributed by atoms with Gasteiger partial charge in [-0.15, -0.1) is 0 Å². The van der Waals surface area contributed by atoms with Crippen molar-refractivity contribution >= 4 is 5.71 Å². The number of nitrogens with zero attached hydrogens (tertiary/aromatic N) is 1. The van der Waals surface area contributed by atoms with Gasteiger partial charge in [0.15, 0.2) is 0 Å². The van der Waals surface area contributed by atoms with Crippen molar-refractivity contribution in [2.24, 2.45) is 10.9 Å². The first-order chi connectivity index (χ1) is 4.83. The molecule has 2 nitrogen and oxygen atoms in total. The second kappa shape index (κ2) is 3.52. The number of allylic oxidation sites excluding steroid dienone is 1. The number of rotatable bonds is 2. The molecule has 0 radical (unpaired) electrons. The molecular formula is C8H13NO. The molecule has 10 heavy (non-hydrogen) atoms. The average molecular weight is 139 g/mol. The van der Waals surface area contributed by atoms with E-state index in [-0.39, 0.29) is 0 Å². The molecule has 0 aromatic carbocycles. The highest BCUT2D eigenvalue weighted by Gasteiger charge is 2.06. The SMILES string of the molecule is COCC1C=CC(C)=NC1. The van der Waals surface area contributed by atoms with E-state index in [0.29, 0.717) is 5.92 Å². The van der Waals surface area contributed by atoms with Crippen molar-refractivity contribution in [2.45, 2.75) is 6.92 Å². The maximum absolute atomic E-state index is 5.00. The molecule has 0 fully saturated rings. The fraction of sp³-hybridized carbons (Fsp3) is 0.625. The van der Waals surface area contributed by atoms with Gasteiger partial charge >= 0.3 is 0 Å². The van der Waals surface area contributed by atoms with Gasteiger partial charge in [0.05, 0.1) is 6.61 Å². The Labute approximate surface area is 61.6 Å². The molecule has 1 aliphatic heterocycles. The van der Waals surface area contributed by atoms with Crippen LogP contribution < -0.4 is 0 Å². The van der Waals surface area contributed by atoms with Gasteiger partial charge in [-0.25, -0.2) is 0 Å². The van der Waals surface area contributed by atoms with E-state index in [1.54, 1.807) is 7.11 Å². The first-order valence-electron chi connectivity index (χ1n) is 3.51. The smallest absolute Gasteiger partial charge is 0.0542 e. The molecule has 0 spiro atoms. The predicted octanol–water partition coefficient (Wildman–Crippen LogP) is 1.28. The lowest BCUT2D eigenvalue weighted by molar-refractivity contribution is 0.172. The third-order valence-corrected chi connectivity index (χ3v) is 1.57. The molecular weight excluding hydrogens is 126 g/mol. The third-order valence-electron chi connectivity index (χ3n) is 1.57. The highest BCUT2D eigenvalue weighted by Crippen LogP contribution is 2.05. The number of hydrogen-bond donors (Lipinski definition) is 0. The zero-order valence-corrected chi connectivity index (χ0v) is 6.50. The summed E-state index contributed by atoms with van der Waals surface area (Å²) in [7, 11) is 1.72. The van der Waals surface area contributed by atoms with Crippen LogP contribution in [0.4, 0.5) is 0 Å². The van der Waals surface area contributed by atoms with E-state index in [2.05, 4.69) is 11.1 Å². The first-order valence-corrected chi connectivity index (χ1v) is 3.51. The van der Waals surface area contributed by atoms with Crippen LogP contribution in [-0.4, -0.2) is 26.0 Å². The van der Waals surface area contributed by atoms with Crippen molar-refractivity contribution in [3.05, 3.63) is 12.2 Å². The van der Waals surface area contributed by atoms with E-state index in [1.807, 2.05) is 13.0 Å². The van der Waals surface area contributed by atoms with Gasteiger partial charge in [0.25, 0.3) is 0 Å². The summed E-state index contributed by atoms with van der Waals surface area (Å²) in [4.78, 5) is 4.28. The third kappa shape index (κ3) is 1.95. The average Bonchev–Trinajstić information content (AvgIpc) is 1.95. The Balaban J connectivity index is 2.37. The summed E-state index contributed by atoms with van der Waals surface area (Å²) < 4.78 is 5.00. The summed E-state index contributed by atoms with van der Waals surface area (Å²) in [5, 5.41) is 0. The normalized spacial score (nSPS) is 24.6. The minimum absolute atomic E-state index is 0.494. The maximum atomic E-state index is 5.00. The molecule has 0 aliphatic carbocycles. The summed E-state index contributed by atoms with van der Waals surface area (Å²) in [5.41, 5.74) is 1.12. The Bertz CT molecular complexity index is 161. The minimum atomic E-state index is 0.494. The van der Waals surface area contributed by atoms with Crippen LogP contribution in [0.15, 0.2) is 17.1 Å². The largest absolute Gasteiger partial charge is 0.384 e. The molecule has 1 atom stereocenters. The quantitative estimate of drug-likeness (QED) is 0.564. The molecule has 0 saturated heterocycles. The molecule has 0 aromatic heterocycles. The van der Waals surface area contributed by atoms with Gasteiger partial charge in [-0.05, 0) is 13.0 Å². The number of aliphatic imine (C=N–C) groups is 1. The Kier molecular flexibility index (Phi) is 2.63. The van der Waals surface area contributed by atoms with Gasteiger partial charge in [-0.3, -0.25) is 4.99 Å². The molecule has 0 saturated carbocycles. The highest BCUT2D eigenvalue weighted by atomic mass is 16.5. The number of methoxy groups -OCH3 is 1. The lowest BCUT2D eigenvalue weighted by Crippen LogP contribution is -2.13. The van der Waals surface area contributed by atoms with E-state index < -0.39 is 0 Å². The first kappa shape index (κ1) is 7.48. The van der Waals surface area contributed by atoms with E-state index in [1.165, 1.54) is 0 Å². The van der Waals surface area contributed by atoms with Gasteiger partial charge in [0.2, 0.25) is 0 Å². The second-order valence-electron chi connectivity index (χ2n) is 2.56. The second-order valence-corrected chi connectivity index (χ2v) is 2.56. The van der Waals surface area contributed by atoms with Crippen LogP contribution in [0, 0.1) is 5.92 Å². The topological polar surface area (TPSA) is 21.6 Å². The molecule has 56 valence electrons. The Morgan fingerprint density at radius 2 is 2.60 bits per heavy atom. The monoisotopic (exact) mass is 139 g/mol. The van der Waals surface area contributed by atoms with Crippen LogP contribution in [0.25, 0.3) is 0 Å². The van der Waals surface area contributed by atoms with Gasteiger partial charge in [-0.2, -0.15) is 0 Å². The molecule has 0 aromatic rings. The number of ether oxygens (including phenoxy) is 1. The molecule has 1 rings (SSSR count). The summed E-state index contributed by atoms with van der Waals surface area (Å²) in [6.07, 6.45) is 4.21. The molecule has 0 amide bonds. The molecule has 2 heteroatoms. The van der Waals surface area contributed by atoms with Crippen LogP contribution in [0.3, 0.4) is 0 Å². The summed E-state index contributed by atoms with van der Waals surface area (Å²) in [6, 6.07) is 0. The minimum Gasteiger partial charge on any atom is -0.384 e. The zero-order chi connectivity index (χ0) is 7.40. The van der Waals surface area contributed by atoms with Crippen LogP contribution in [0.1, 0.15) is 6.92 Å². The van der Waals surface area contributed by atoms with E-state index in [9.17, 15) is 0 Å². The molecule has 0 bridgehead atoms. The Morgan fingerprint density at radius 3 is 3.10 bits per heavy atom. The number of dihydropyridines is 1. The van der Waals surface area contributed by atoms with Crippen molar-refractivity contribution in [1.29, 1.82) is 0 Å². The van der Waals surface area contributed by atoms with Gasteiger partial charge < -0.3 is 4.74 Å². The van der Waals surface area contributed by atoms with Gasteiger partial charge in [-0.1, -0.05) is 6.08 Å². The van der Waals surface area contributed by atoms with Gasteiger partial charge in [0.1, 0.15) is 0 Å². The van der Waals surface area contributed by atoms with Crippen molar-refractivity contribution in [3.63, 3.8) is 0 Å². The van der Waals surface area contributed by atoms with Crippen molar-refractivity contribution in [1.82, 2.24) is 0 Å². The van der Waals surface area contributed by atoms with E-state index in [4.69, 9.17) is 4.74 Å². The molecule has 0 N–H and O–H groups in total. The van der Waals surface area contributed by atoms with E-state index in [0.717, 1.165) is 18.9 Å². The fourth-order valence-corrected chi connectivity index (χ4v) is 0.972. The molecule has 1 unspecified atom stereocenters. The van der Waals surface area contributed by atoms with E-state index >= 15 is 0 Å². The van der Waals surface area contributed by atoms with Crippen molar-refractivity contribution < 1.29 is 4.74 Å². The lowest BCUT2D eigenvalue weighted by Gasteiger charge is -2.12. The predicted molar refractivity (Wildman–Crippen MR) is 42.5 cm³/mol. The lowest BCUT2D eigenvalue weighted by atomic mass is 10.1. The summed E-state index contributed by atoms with van der Waals surface area (Å²) >= 11 is 0. The Morgan fingerprint density at radius 1 is 1.80 bits per heavy atom.